The zero-order valence-electron chi connectivity index (χ0n) is 18.4. The lowest BCUT2D eigenvalue weighted by atomic mass is 9.96. The van der Waals surface area contributed by atoms with Crippen molar-refractivity contribution in [1.82, 2.24) is 15.1 Å². The van der Waals surface area contributed by atoms with E-state index in [2.05, 4.69) is 39.4 Å². The zero-order chi connectivity index (χ0) is 22.5. The van der Waals surface area contributed by atoms with Crippen LogP contribution in [0.15, 0.2) is 83.3 Å². The second-order valence-electron chi connectivity index (χ2n) is 8.42. The third-order valence-electron chi connectivity index (χ3n) is 6.05. The molecule has 0 unspecified atom stereocenters. The van der Waals surface area contributed by atoms with Gasteiger partial charge in [0.1, 0.15) is 18.2 Å². The van der Waals surface area contributed by atoms with Crippen molar-refractivity contribution < 1.29 is 13.5 Å². The number of hydrogen-bond acceptors (Lipinski definition) is 5. The van der Waals surface area contributed by atoms with Gasteiger partial charge in [0.2, 0.25) is 11.8 Å². The Kier molecular flexibility index (Phi) is 6.44. The quantitative estimate of drug-likeness (QED) is 0.359. The Morgan fingerprint density at radius 2 is 1.58 bits per heavy atom. The molecule has 1 aliphatic rings. The summed E-state index contributed by atoms with van der Waals surface area (Å²) in [5.41, 5.74) is 3.18. The summed E-state index contributed by atoms with van der Waals surface area (Å²) in [7, 11) is 0. The van der Waals surface area contributed by atoms with E-state index in [0.29, 0.717) is 18.4 Å². The number of ether oxygens (including phenoxy) is 1. The van der Waals surface area contributed by atoms with Crippen LogP contribution >= 0.6 is 0 Å². The summed E-state index contributed by atoms with van der Waals surface area (Å²) in [5.74, 6) is 1.99. The van der Waals surface area contributed by atoms with Gasteiger partial charge in [0.15, 0.2) is 0 Å². The van der Waals surface area contributed by atoms with Crippen LogP contribution in [-0.4, -0.2) is 28.2 Å². The van der Waals surface area contributed by atoms with Gasteiger partial charge in [0.05, 0.1) is 0 Å². The molecule has 0 radical (unpaired) electrons. The Morgan fingerprint density at radius 1 is 0.848 bits per heavy atom. The van der Waals surface area contributed by atoms with Crippen LogP contribution < -0.4 is 4.74 Å². The van der Waals surface area contributed by atoms with Gasteiger partial charge < -0.3 is 9.15 Å². The first kappa shape index (κ1) is 21.3. The summed E-state index contributed by atoms with van der Waals surface area (Å²) in [6, 6.07) is 24.7. The van der Waals surface area contributed by atoms with Gasteiger partial charge in [-0.15, -0.1) is 10.2 Å². The lowest BCUT2D eigenvalue weighted by Crippen LogP contribution is -2.32. The molecule has 1 saturated heterocycles. The molecule has 5 rings (SSSR count). The van der Waals surface area contributed by atoms with Crippen molar-refractivity contribution in [3.05, 3.63) is 102 Å². The second-order valence-corrected chi connectivity index (χ2v) is 8.42. The Balaban J connectivity index is 1.11. The maximum Gasteiger partial charge on any atom is 0.247 e. The molecule has 1 aliphatic heterocycles. The van der Waals surface area contributed by atoms with Crippen LogP contribution in [0.2, 0.25) is 0 Å². The zero-order valence-corrected chi connectivity index (χ0v) is 18.4. The number of rotatable bonds is 7. The Hall–Kier alpha value is -3.51. The van der Waals surface area contributed by atoms with E-state index in [9.17, 15) is 4.39 Å². The van der Waals surface area contributed by atoms with E-state index in [-0.39, 0.29) is 11.7 Å². The molecule has 0 saturated carbocycles. The fourth-order valence-electron chi connectivity index (χ4n) is 4.14. The Morgan fingerprint density at radius 3 is 2.30 bits per heavy atom. The molecule has 3 aromatic carbocycles. The maximum atomic E-state index is 13.1. The average molecular weight is 444 g/mol. The maximum absolute atomic E-state index is 13.1. The molecule has 0 aliphatic carbocycles. The highest BCUT2D eigenvalue weighted by molar-refractivity contribution is 5.52. The van der Waals surface area contributed by atoms with Crippen LogP contribution in [0.25, 0.3) is 11.5 Å². The van der Waals surface area contributed by atoms with E-state index in [0.717, 1.165) is 49.4 Å². The monoisotopic (exact) mass is 443 g/mol. The minimum Gasteiger partial charge on any atom is -0.489 e. The van der Waals surface area contributed by atoms with Gasteiger partial charge in [-0.1, -0.05) is 42.5 Å². The Labute approximate surface area is 192 Å². The number of halogens is 1. The summed E-state index contributed by atoms with van der Waals surface area (Å²) in [6.45, 7) is 3.44. The summed E-state index contributed by atoms with van der Waals surface area (Å²) in [6.07, 6.45) is 1.95. The minimum atomic E-state index is -0.278. The molecule has 0 N–H and O–H groups in total. The van der Waals surface area contributed by atoms with E-state index >= 15 is 0 Å². The van der Waals surface area contributed by atoms with Crippen LogP contribution in [0.3, 0.4) is 0 Å². The molecule has 0 amide bonds. The van der Waals surface area contributed by atoms with E-state index in [1.54, 1.807) is 12.1 Å². The van der Waals surface area contributed by atoms with E-state index in [4.69, 9.17) is 9.15 Å². The molecule has 5 nitrogen and oxygen atoms in total. The van der Waals surface area contributed by atoms with Gasteiger partial charge in [-0.25, -0.2) is 4.39 Å². The number of hydrogen-bond donors (Lipinski definition) is 0. The predicted molar refractivity (Wildman–Crippen MR) is 124 cm³/mol. The summed E-state index contributed by atoms with van der Waals surface area (Å²) in [4.78, 5) is 2.45. The molecule has 0 atom stereocenters. The third-order valence-corrected chi connectivity index (χ3v) is 6.05. The van der Waals surface area contributed by atoms with Crippen molar-refractivity contribution >= 4 is 0 Å². The predicted octanol–water partition coefficient (Wildman–Crippen LogP) is 5.83. The summed E-state index contributed by atoms with van der Waals surface area (Å²) < 4.78 is 24.9. The molecule has 4 aromatic rings. The smallest absolute Gasteiger partial charge is 0.247 e. The highest BCUT2D eigenvalue weighted by Crippen LogP contribution is 2.30. The third kappa shape index (κ3) is 5.46. The van der Waals surface area contributed by atoms with E-state index in [1.165, 1.54) is 17.7 Å². The van der Waals surface area contributed by atoms with Crippen molar-refractivity contribution in [3.63, 3.8) is 0 Å². The van der Waals surface area contributed by atoms with Gasteiger partial charge in [0, 0.05) is 18.0 Å². The van der Waals surface area contributed by atoms with Gasteiger partial charge >= 0.3 is 0 Å². The number of likely N-dealkylation sites (tertiary alicyclic amines) is 1. The summed E-state index contributed by atoms with van der Waals surface area (Å²) in [5, 5.41) is 8.41. The lowest BCUT2D eigenvalue weighted by molar-refractivity contribution is 0.193. The lowest BCUT2D eigenvalue weighted by Gasteiger charge is -2.30. The molecule has 168 valence electrons. The van der Waals surface area contributed by atoms with Crippen molar-refractivity contribution in [2.24, 2.45) is 0 Å². The first-order valence-corrected chi connectivity index (χ1v) is 11.3. The van der Waals surface area contributed by atoms with Gasteiger partial charge in [0.25, 0.3) is 0 Å². The SMILES string of the molecule is Fc1ccc(-c2nnc(C3CCN(Cc4ccc(OCc5ccccc5)cc4)CC3)o2)cc1. The number of benzene rings is 3. The van der Waals surface area contributed by atoms with Crippen molar-refractivity contribution in [2.45, 2.75) is 31.9 Å². The molecule has 0 bridgehead atoms. The number of aromatic nitrogens is 2. The molecular formula is C27H26FN3O2. The van der Waals surface area contributed by atoms with Crippen molar-refractivity contribution in [1.29, 1.82) is 0 Å². The van der Waals surface area contributed by atoms with Crippen LogP contribution in [0.5, 0.6) is 5.75 Å². The average Bonchev–Trinajstić information content (AvgIpc) is 3.36. The van der Waals surface area contributed by atoms with Gasteiger partial charge in [-0.3, -0.25) is 4.90 Å². The molecule has 2 heterocycles. The largest absolute Gasteiger partial charge is 0.489 e. The second kappa shape index (κ2) is 9.96. The molecule has 0 spiro atoms. The standard InChI is InChI=1S/C27H26FN3O2/c28-24-10-8-22(9-11-24)26-29-30-27(33-26)23-14-16-31(17-15-23)18-20-6-12-25(13-7-20)32-19-21-4-2-1-3-5-21/h1-13,23H,14-19H2. The van der Waals surface area contributed by atoms with Gasteiger partial charge in [-0.2, -0.15) is 0 Å². The van der Waals surface area contributed by atoms with Crippen LogP contribution in [0.1, 0.15) is 35.8 Å². The minimum absolute atomic E-state index is 0.261. The molecule has 33 heavy (non-hydrogen) atoms. The highest BCUT2D eigenvalue weighted by atomic mass is 19.1. The topological polar surface area (TPSA) is 51.4 Å². The van der Waals surface area contributed by atoms with Crippen LogP contribution in [0, 0.1) is 5.82 Å². The van der Waals surface area contributed by atoms with E-state index < -0.39 is 0 Å². The molecule has 1 aromatic heterocycles. The highest BCUT2D eigenvalue weighted by Gasteiger charge is 2.25. The first-order valence-electron chi connectivity index (χ1n) is 11.3. The number of piperidine rings is 1. The first-order chi connectivity index (χ1) is 16.2. The molecular weight excluding hydrogens is 417 g/mol. The van der Waals surface area contributed by atoms with Gasteiger partial charge in [-0.05, 0) is 73.5 Å². The van der Waals surface area contributed by atoms with E-state index in [1.807, 2.05) is 30.3 Å². The fraction of sp³-hybridized carbons (Fsp3) is 0.259. The Bertz CT molecular complexity index is 1150. The fourth-order valence-corrected chi connectivity index (χ4v) is 4.14. The van der Waals surface area contributed by atoms with Crippen molar-refractivity contribution in [2.75, 3.05) is 13.1 Å². The molecule has 1 fully saturated rings. The van der Waals surface area contributed by atoms with Crippen LogP contribution in [0.4, 0.5) is 4.39 Å². The van der Waals surface area contributed by atoms with Crippen molar-refractivity contribution in [3.8, 4) is 17.2 Å². The summed E-state index contributed by atoms with van der Waals surface area (Å²) >= 11 is 0. The number of nitrogens with zero attached hydrogens (tertiary/aromatic N) is 3. The van der Waals surface area contributed by atoms with Crippen LogP contribution in [-0.2, 0) is 13.2 Å². The molecule has 6 heteroatoms. The normalized spacial score (nSPS) is 14.9.